The monoisotopic (exact) mass is 339 g/mol. The van der Waals surface area contributed by atoms with Crippen molar-refractivity contribution in [2.75, 3.05) is 26.4 Å². The number of aromatic nitrogens is 4. The van der Waals surface area contributed by atoms with Crippen LogP contribution >= 0.6 is 11.8 Å². The van der Waals surface area contributed by atoms with Crippen LogP contribution in [0.15, 0.2) is 60.0 Å². The van der Waals surface area contributed by atoms with Gasteiger partial charge in [0.05, 0.1) is 6.54 Å². The molecule has 6 heteroatoms. The average molecular weight is 339 g/mol. The van der Waals surface area contributed by atoms with Crippen molar-refractivity contribution in [1.82, 2.24) is 24.6 Å². The van der Waals surface area contributed by atoms with Gasteiger partial charge in [0.2, 0.25) is 0 Å². The van der Waals surface area contributed by atoms with Gasteiger partial charge in [0, 0.05) is 30.3 Å². The van der Waals surface area contributed by atoms with E-state index in [1.54, 1.807) is 24.2 Å². The molecule has 3 aromatic rings. The van der Waals surface area contributed by atoms with Gasteiger partial charge in [-0.2, -0.15) is 0 Å². The van der Waals surface area contributed by atoms with E-state index in [4.69, 9.17) is 0 Å². The van der Waals surface area contributed by atoms with Crippen molar-refractivity contribution in [3.8, 4) is 11.4 Å². The van der Waals surface area contributed by atoms with Crippen LogP contribution in [0.5, 0.6) is 0 Å². The molecule has 2 heterocycles. The summed E-state index contributed by atoms with van der Waals surface area (Å²) in [7, 11) is 4.16. The minimum atomic E-state index is 0.760. The summed E-state index contributed by atoms with van der Waals surface area (Å²) in [6.45, 7) is 1.77. The topological polar surface area (TPSA) is 46.8 Å². The van der Waals surface area contributed by atoms with Gasteiger partial charge >= 0.3 is 0 Å². The molecule has 5 nitrogen and oxygen atoms in total. The summed E-state index contributed by atoms with van der Waals surface area (Å²) in [5.74, 6) is 1.87. The highest BCUT2D eigenvalue weighted by Crippen LogP contribution is 2.24. The molecule has 0 fully saturated rings. The Bertz CT molecular complexity index is 756. The van der Waals surface area contributed by atoms with Gasteiger partial charge in [0.25, 0.3) is 0 Å². The lowest BCUT2D eigenvalue weighted by Gasteiger charge is -2.12. The number of hydrogen-bond donors (Lipinski definition) is 0. The van der Waals surface area contributed by atoms with Crippen molar-refractivity contribution >= 4 is 11.8 Å². The summed E-state index contributed by atoms with van der Waals surface area (Å²) in [6, 6.07) is 14.4. The predicted molar refractivity (Wildman–Crippen MR) is 98.1 cm³/mol. The van der Waals surface area contributed by atoms with E-state index in [0.29, 0.717) is 0 Å². The smallest absolute Gasteiger partial charge is 0.191 e. The third-order valence-electron chi connectivity index (χ3n) is 3.61. The van der Waals surface area contributed by atoms with E-state index in [1.165, 1.54) is 5.56 Å². The molecule has 0 radical (unpaired) electrons. The van der Waals surface area contributed by atoms with Crippen molar-refractivity contribution in [2.24, 2.45) is 0 Å². The molecule has 0 atom stereocenters. The van der Waals surface area contributed by atoms with E-state index in [9.17, 15) is 0 Å². The second kappa shape index (κ2) is 8.08. The molecule has 0 aliphatic rings. The quantitative estimate of drug-likeness (QED) is 0.619. The molecule has 0 amide bonds. The fraction of sp³-hybridized carbons (Fsp3) is 0.278. The van der Waals surface area contributed by atoms with Gasteiger partial charge < -0.3 is 4.90 Å². The van der Waals surface area contributed by atoms with Crippen molar-refractivity contribution in [3.05, 3.63) is 60.4 Å². The Morgan fingerprint density at radius 3 is 2.46 bits per heavy atom. The Balaban J connectivity index is 1.90. The second-order valence-electron chi connectivity index (χ2n) is 5.77. The molecule has 0 bridgehead atoms. The van der Waals surface area contributed by atoms with Crippen molar-refractivity contribution < 1.29 is 0 Å². The summed E-state index contributed by atoms with van der Waals surface area (Å²) < 4.78 is 2.19. The fourth-order valence-corrected chi connectivity index (χ4v) is 3.38. The first-order valence-electron chi connectivity index (χ1n) is 7.89. The van der Waals surface area contributed by atoms with E-state index in [1.807, 2.05) is 18.2 Å². The van der Waals surface area contributed by atoms with Crippen LogP contribution in [-0.2, 0) is 6.54 Å². The van der Waals surface area contributed by atoms with Crippen LogP contribution in [0.1, 0.15) is 5.56 Å². The van der Waals surface area contributed by atoms with Crippen molar-refractivity contribution in [3.63, 3.8) is 0 Å². The van der Waals surface area contributed by atoms with Gasteiger partial charge in [-0.3, -0.25) is 9.55 Å². The summed E-state index contributed by atoms with van der Waals surface area (Å²) in [5, 5.41) is 9.81. The Labute approximate surface area is 146 Å². The van der Waals surface area contributed by atoms with E-state index in [2.05, 4.69) is 63.0 Å². The van der Waals surface area contributed by atoms with Crippen LogP contribution < -0.4 is 0 Å². The summed E-state index contributed by atoms with van der Waals surface area (Å²) >= 11 is 1.74. The van der Waals surface area contributed by atoms with E-state index in [-0.39, 0.29) is 0 Å². The molecule has 1 aromatic carbocycles. The summed E-state index contributed by atoms with van der Waals surface area (Å²) in [4.78, 5) is 6.27. The Morgan fingerprint density at radius 1 is 1.00 bits per heavy atom. The average Bonchev–Trinajstić information content (AvgIpc) is 2.99. The van der Waals surface area contributed by atoms with Gasteiger partial charge in [-0.15, -0.1) is 10.2 Å². The molecular weight excluding hydrogens is 318 g/mol. The van der Waals surface area contributed by atoms with Gasteiger partial charge in [0.1, 0.15) is 0 Å². The first kappa shape index (κ1) is 16.7. The summed E-state index contributed by atoms with van der Waals surface area (Å²) in [6.07, 6.45) is 3.57. The summed E-state index contributed by atoms with van der Waals surface area (Å²) in [5.41, 5.74) is 2.27. The first-order valence-corrected chi connectivity index (χ1v) is 8.87. The van der Waals surface area contributed by atoms with Crippen LogP contribution in [0, 0.1) is 0 Å². The van der Waals surface area contributed by atoms with Crippen LogP contribution in [0.4, 0.5) is 0 Å². The third kappa shape index (κ3) is 4.21. The predicted octanol–water partition coefficient (Wildman–Crippen LogP) is 3.04. The molecule has 0 aliphatic carbocycles. The largest absolute Gasteiger partial charge is 0.309 e. The van der Waals surface area contributed by atoms with Gasteiger partial charge in [-0.25, -0.2) is 0 Å². The number of rotatable bonds is 7. The number of nitrogens with zero attached hydrogens (tertiary/aromatic N) is 5. The Morgan fingerprint density at radius 2 is 1.75 bits per heavy atom. The fourth-order valence-electron chi connectivity index (χ4n) is 2.34. The lowest BCUT2D eigenvalue weighted by atomic mass is 10.2. The lowest BCUT2D eigenvalue weighted by Crippen LogP contribution is -2.15. The second-order valence-corrected chi connectivity index (χ2v) is 6.83. The highest BCUT2D eigenvalue weighted by atomic mass is 32.2. The molecule has 3 rings (SSSR count). The molecule has 2 aromatic heterocycles. The van der Waals surface area contributed by atoms with E-state index >= 15 is 0 Å². The highest BCUT2D eigenvalue weighted by molar-refractivity contribution is 7.99. The number of hydrogen-bond acceptors (Lipinski definition) is 5. The zero-order valence-corrected chi connectivity index (χ0v) is 14.8. The van der Waals surface area contributed by atoms with Gasteiger partial charge in [-0.05, 0) is 31.8 Å². The molecule has 24 heavy (non-hydrogen) atoms. The minimum absolute atomic E-state index is 0.760. The maximum atomic E-state index is 4.43. The van der Waals surface area contributed by atoms with Crippen LogP contribution in [0.2, 0.25) is 0 Å². The van der Waals surface area contributed by atoms with E-state index in [0.717, 1.165) is 35.4 Å². The van der Waals surface area contributed by atoms with Gasteiger partial charge in [0.15, 0.2) is 11.0 Å². The molecule has 0 saturated heterocycles. The first-order chi connectivity index (χ1) is 11.7. The maximum absolute atomic E-state index is 4.43. The Kier molecular flexibility index (Phi) is 5.61. The molecule has 0 unspecified atom stereocenters. The van der Waals surface area contributed by atoms with Crippen LogP contribution in [0.3, 0.4) is 0 Å². The highest BCUT2D eigenvalue weighted by Gasteiger charge is 2.14. The lowest BCUT2D eigenvalue weighted by molar-refractivity contribution is 0.437. The zero-order chi connectivity index (χ0) is 16.8. The number of pyridine rings is 1. The standard InChI is InChI=1S/C18H21N5S/c1-22(2)12-13-24-18-21-20-17(16-8-10-19-11-9-16)23(18)14-15-6-4-3-5-7-15/h3-11H,12-14H2,1-2H3. The minimum Gasteiger partial charge on any atom is -0.309 e. The van der Waals surface area contributed by atoms with Crippen molar-refractivity contribution in [2.45, 2.75) is 11.7 Å². The number of thioether (sulfide) groups is 1. The molecule has 0 saturated carbocycles. The molecule has 0 spiro atoms. The molecule has 124 valence electrons. The molecule has 0 aliphatic heterocycles. The van der Waals surface area contributed by atoms with Crippen LogP contribution in [-0.4, -0.2) is 51.0 Å². The number of benzene rings is 1. The maximum Gasteiger partial charge on any atom is 0.191 e. The van der Waals surface area contributed by atoms with Crippen molar-refractivity contribution in [1.29, 1.82) is 0 Å². The Hall–Kier alpha value is -2.18. The van der Waals surface area contributed by atoms with Crippen LogP contribution in [0.25, 0.3) is 11.4 Å². The SMILES string of the molecule is CN(C)CCSc1nnc(-c2ccncc2)n1Cc1ccccc1. The molecule has 0 N–H and O–H groups in total. The van der Waals surface area contributed by atoms with E-state index < -0.39 is 0 Å². The third-order valence-corrected chi connectivity index (χ3v) is 4.56. The van der Waals surface area contributed by atoms with Gasteiger partial charge in [-0.1, -0.05) is 42.1 Å². The normalized spacial score (nSPS) is 11.1. The zero-order valence-electron chi connectivity index (χ0n) is 14.0. The molecular formula is C18H21N5S.